The molecule has 2 aliphatic rings. The van der Waals surface area contributed by atoms with E-state index < -0.39 is 0 Å². The smallest absolute Gasteiger partial charge is 0.223 e. The molecule has 2 fully saturated rings. The Balaban J connectivity index is 1.51. The summed E-state index contributed by atoms with van der Waals surface area (Å²) in [4.78, 5) is 24.3. The van der Waals surface area contributed by atoms with Crippen LogP contribution in [0.3, 0.4) is 0 Å². The van der Waals surface area contributed by atoms with Crippen molar-refractivity contribution in [3.63, 3.8) is 0 Å². The molecule has 3 rings (SSSR count). The van der Waals surface area contributed by atoms with Gasteiger partial charge in [0.15, 0.2) is 5.78 Å². The Hall–Kier alpha value is -1.64. The Morgan fingerprint density at radius 1 is 1.19 bits per heavy atom. The van der Waals surface area contributed by atoms with Crippen LogP contribution in [-0.2, 0) is 4.79 Å². The SMILES string of the molecule is CC(C(=O)NCC(=O)c1ccccc1)C1CC2CCC1C2. The average molecular weight is 285 g/mol. The first-order chi connectivity index (χ1) is 10.1. The van der Waals surface area contributed by atoms with Crippen molar-refractivity contribution in [3.8, 4) is 0 Å². The van der Waals surface area contributed by atoms with Crippen molar-refractivity contribution in [1.82, 2.24) is 5.32 Å². The lowest BCUT2D eigenvalue weighted by atomic mass is 9.80. The largest absolute Gasteiger partial charge is 0.348 e. The first-order valence-electron chi connectivity index (χ1n) is 8.01. The van der Waals surface area contributed by atoms with Crippen molar-refractivity contribution in [2.45, 2.75) is 32.6 Å². The fourth-order valence-corrected chi connectivity index (χ4v) is 4.16. The number of Topliss-reactive ketones (excluding diaryl/α,β-unsaturated/α-hetero) is 1. The molecule has 0 saturated heterocycles. The van der Waals surface area contributed by atoms with Crippen LogP contribution in [0.1, 0.15) is 43.0 Å². The van der Waals surface area contributed by atoms with E-state index in [4.69, 9.17) is 0 Å². The minimum Gasteiger partial charge on any atom is -0.348 e. The standard InChI is InChI=1S/C18H23NO2/c1-12(16-10-13-7-8-15(16)9-13)18(21)19-11-17(20)14-5-3-2-4-6-14/h2-6,12-13,15-16H,7-11H2,1H3,(H,19,21). The van der Waals surface area contributed by atoms with Gasteiger partial charge in [0.25, 0.3) is 0 Å². The fraction of sp³-hybridized carbons (Fsp3) is 0.556. The van der Waals surface area contributed by atoms with E-state index in [2.05, 4.69) is 5.32 Å². The van der Waals surface area contributed by atoms with E-state index in [0.717, 1.165) is 11.8 Å². The van der Waals surface area contributed by atoms with Gasteiger partial charge in [0.2, 0.25) is 5.91 Å². The van der Waals surface area contributed by atoms with Crippen molar-refractivity contribution in [2.75, 3.05) is 6.54 Å². The summed E-state index contributed by atoms with van der Waals surface area (Å²) < 4.78 is 0. The van der Waals surface area contributed by atoms with Crippen molar-refractivity contribution in [3.05, 3.63) is 35.9 Å². The van der Waals surface area contributed by atoms with Crippen LogP contribution in [0.4, 0.5) is 0 Å². The molecule has 2 bridgehead atoms. The molecule has 2 aliphatic carbocycles. The van der Waals surface area contributed by atoms with E-state index in [9.17, 15) is 9.59 Å². The number of fused-ring (bicyclic) bond motifs is 2. The van der Waals surface area contributed by atoms with Gasteiger partial charge in [-0.2, -0.15) is 0 Å². The Bertz CT molecular complexity index is 525. The lowest BCUT2D eigenvalue weighted by Crippen LogP contribution is -2.37. The summed E-state index contributed by atoms with van der Waals surface area (Å²) in [6.07, 6.45) is 5.15. The lowest BCUT2D eigenvalue weighted by molar-refractivity contribution is -0.126. The summed E-state index contributed by atoms with van der Waals surface area (Å²) in [6.45, 7) is 2.13. The molecule has 3 nitrogen and oxygen atoms in total. The molecule has 4 atom stereocenters. The molecule has 3 heteroatoms. The summed E-state index contributed by atoms with van der Waals surface area (Å²) >= 11 is 0. The van der Waals surface area contributed by atoms with Gasteiger partial charge in [-0.25, -0.2) is 0 Å². The highest BCUT2D eigenvalue weighted by Crippen LogP contribution is 2.50. The monoisotopic (exact) mass is 285 g/mol. The van der Waals surface area contributed by atoms with Gasteiger partial charge in [-0.1, -0.05) is 43.7 Å². The molecule has 2 saturated carbocycles. The van der Waals surface area contributed by atoms with Gasteiger partial charge in [-0.05, 0) is 37.0 Å². The quantitative estimate of drug-likeness (QED) is 0.845. The van der Waals surface area contributed by atoms with Crippen molar-refractivity contribution in [2.24, 2.45) is 23.7 Å². The molecular weight excluding hydrogens is 262 g/mol. The zero-order chi connectivity index (χ0) is 14.8. The van der Waals surface area contributed by atoms with Crippen LogP contribution in [0.2, 0.25) is 0 Å². The third-order valence-electron chi connectivity index (χ3n) is 5.37. The highest BCUT2D eigenvalue weighted by Gasteiger charge is 2.43. The van der Waals surface area contributed by atoms with Crippen LogP contribution in [0.25, 0.3) is 0 Å². The second-order valence-corrected chi connectivity index (χ2v) is 6.63. The van der Waals surface area contributed by atoms with Crippen LogP contribution in [0.15, 0.2) is 30.3 Å². The minimum atomic E-state index is -0.0240. The first-order valence-corrected chi connectivity index (χ1v) is 8.01. The number of ketones is 1. The van der Waals surface area contributed by atoms with Crippen molar-refractivity contribution < 1.29 is 9.59 Å². The van der Waals surface area contributed by atoms with E-state index in [1.807, 2.05) is 25.1 Å². The van der Waals surface area contributed by atoms with E-state index in [1.165, 1.54) is 25.7 Å². The van der Waals surface area contributed by atoms with Crippen LogP contribution >= 0.6 is 0 Å². The molecule has 0 aliphatic heterocycles. The lowest BCUT2D eigenvalue weighted by Gasteiger charge is -2.26. The normalized spacial score (nSPS) is 28.3. The predicted molar refractivity (Wildman–Crippen MR) is 81.9 cm³/mol. The maximum Gasteiger partial charge on any atom is 0.223 e. The third kappa shape index (κ3) is 3.02. The van der Waals surface area contributed by atoms with Gasteiger partial charge >= 0.3 is 0 Å². The molecule has 0 aromatic heterocycles. The molecule has 21 heavy (non-hydrogen) atoms. The summed E-state index contributed by atoms with van der Waals surface area (Å²) in [5, 5.41) is 2.83. The maximum atomic E-state index is 12.3. The Labute approximate surface area is 126 Å². The topological polar surface area (TPSA) is 46.2 Å². The number of hydrogen-bond donors (Lipinski definition) is 1. The molecule has 1 aromatic carbocycles. The van der Waals surface area contributed by atoms with Gasteiger partial charge < -0.3 is 5.32 Å². The summed E-state index contributed by atoms with van der Waals surface area (Å²) in [5.74, 6) is 2.15. The van der Waals surface area contributed by atoms with E-state index in [0.29, 0.717) is 11.5 Å². The second kappa shape index (κ2) is 6.00. The Morgan fingerprint density at radius 2 is 1.95 bits per heavy atom. The van der Waals surface area contributed by atoms with Crippen LogP contribution in [0.5, 0.6) is 0 Å². The number of carbonyl (C=O) groups excluding carboxylic acids is 2. The highest BCUT2D eigenvalue weighted by molar-refractivity contribution is 5.99. The van der Waals surface area contributed by atoms with Crippen molar-refractivity contribution in [1.29, 1.82) is 0 Å². The molecule has 1 N–H and O–H groups in total. The number of amides is 1. The molecule has 0 heterocycles. The van der Waals surface area contributed by atoms with Gasteiger partial charge in [-0.15, -0.1) is 0 Å². The zero-order valence-corrected chi connectivity index (χ0v) is 12.5. The molecule has 1 amide bonds. The van der Waals surface area contributed by atoms with E-state index in [1.54, 1.807) is 12.1 Å². The summed E-state index contributed by atoms with van der Waals surface area (Å²) in [6, 6.07) is 9.13. The summed E-state index contributed by atoms with van der Waals surface area (Å²) in [7, 11) is 0. The van der Waals surface area contributed by atoms with Gasteiger partial charge in [-0.3, -0.25) is 9.59 Å². The number of nitrogens with one attached hydrogen (secondary N) is 1. The number of carbonyl (C=O) groups is 2. The van der Waals surface area contributed by atoms with E-state index in [-0.39, 0.29) is 24.2 Å². The van der Waals surface area contributed by atoms with E-state index >= 15 is 0 Å². The fourth-order valence-electron chi connectivity index (χ4n) is 4.16. The Kier molecular flexibility index (Phi) is 4.09. The van der Waals surface area contributed by atoms with Gasteiger partial charge in [0, 0.05) is 11.5 Å². The predicted octanol–water partition coefficient (Wildman–Crippen LogP) is 3.06. The van der Waals surface area contributed by atoms with Crippen LogP contribution in [-0.4, -0.2) is 18.2 Å². The zero-order valence-electron chi connectivity index (χ0n) is 12.5. The average Bonchev–Trinajstić information content (AvgIpc) is 3.15. The molecule has 0 radical (unpaired) electrons. The molecule has 0 spiro atoms. The maximum absolute atomic E-state index is 12.3. The number of rotatable bonds is 5. The summed E-state index contributed by atoms with van der Waals surface area (Å²) in [5.41, 5.74) is 0.658. The molecule has 1 aromatic rings. The Morgan fingerprint density at radius 3 is 2.57 bits per heavy atom. The molecule has 112 valence electrons. The van der Waals surface area contributed by atoms with Gasteiger partial charge in [0.1, 0.15) is 0 Å². The first kappa shape index (κ1) is 14.3. The number of benzene rings is 1. The van der Waals surface area contributed by atoms with Gasteiger partial charge in [0.05, 0.1) is 6.54 Å². The number of hydrogen-bond acceptors (Lipinski definition) is 2. The highest BCUT2D eigenvalue weighted by atomic mass is 16.2. The van der Waals surface area contributed by atoms with Crippen LogP contribution in [0, 0.1) is 23.7 Å². The molecule has 4 unspecified atom stereocenters. The second-order valence-electron chi connectivity index (χ2n) is 6.63. The third-order valence-corrected chi connectivity index (χ3v) is 5.37. The minimum absolute atomic E-state index is 0.0240. The van der Waals surface area contributed by atoms with Crippen LogP contribution < -0.4 is 5.32 Å². The molecular formula is C18H23NO2. The van der Waals surface area contributed by atoms with Crippen molar-refractivity contribution >= 4 is 11.7 Å².